The number of aromatic nitrogens is 3. The van der Waals surface area contributed by atoms with Crippen molar-refractivity contribution in [2.45, 2.75) is 25.0 Å². The second-order valence-corrected chi connectivity index (χ2v) is 8.17. The van der Waals surface area contributed by atoms with E-state index in [0.29, 0.717) is 11.0 Å². The molecular formula is C18H20FN5OS2. The molecule has 3 N–H and O–H groups in total. The molecule has 2 heterocycles. The largest absolute Gasteiger partial charge is 0.348 e. The lowest BCUT2D eigenvalue weighted by Crippen LogP contribution is -2.33. The van der Waals surface area contributed by atoms with Crippen LogP contribution in [0.4, 0.5) is 4.39 Å². The molecule has 2 aromatic heterocycles. The Labute approximate surface area is 165 Å². The van der Waals surface area contributed by atoms with E-state index in [2.05, 4.69) is 15.5 Å². The van der Waals surface area contributed by atoms with Gasteiger partial charge in [0, 0.05) is 0 Å². The maximum absolute atomic E-state index is 13.1. The van der Waals surface area contributed by atoms with Crippen LogP contribution >= 0.6 is 23.1 Å². The molecule has 0 bridgehead atoms. The number of nitrogens with two attached hydrogens (primary N) is 1. The van der Waals surface area contributed by atoms with Gasteiger partial charge in [-0.25, -0.2) is 9.07 Å². The summed E-state index contributed by atoms with van der Waals surface area (Å²) in [5, 5.41) is 13.6. The van der Waals surface area contributed by atoms with E-state index in [1.807, 2.05) is 31.4 Å². The van der Waals surface area contributed by atoms with Gasteiger partial charge in [0.2, 0.25) is 11.1 Å². The molecule has 0 spiro atoms. The lowest BCUT2D eigenvalue weighted by molar-refractivity contribution is -0.119. The monoisotopic (exact) mass is 405 g/mol. The minimum Gasteiger partial charge on any atom is -0.348 e. The van der Waals surface area contributed by atoms with E-state index in [4.69, 9.17) is 5.84 Å². The number of thioether (sulfide) groups is 1. The van der Waals surface area contributed by atoms with Crippen LogP contribution in [0.15, 0.2) is 46.9 Å². The molecule has 0 aliphatic heterocycles. The highest BCUT2D eigenvalue weighted by molar-refractivity contribution is 7.99. The summed E-state index contributed by atoms with van der Waals surface area (Å²) in [7, 11) is 0. The van der Waals surface area contributed by atoms with Gasteiger partial charge in [0.1, 0.15) is 5.82 Å². The minimum absolute atomic E-state index is 0.149. The summed E-state index contributed by atoms with van der Waals surface area (Å²) < 4.78 is 14.5. The lowest BCUT2D eigenvalue weighted by atomic mass is 9.96. The van der Waals surface area contributed by atoms with Gasteiger partial charge >= 0.3 is 0 Å². The van der Waals surface area contributed by atoms with Crippen LogP contribution in [-0.2, 0) is 4.79 Å². The van der Waals surface area contributed by atoms with E-state index in [9.17, 15) is 9.18 Å². The van der Waals surface area contributed by atoms with Crippen molar-refractivity contribution in [2.75, 3.05) is 11.6 Å². The van der Waals surface area contributed by atoms with E-state index in [1.54, 1.807) is 12.1 Å². The molecule has 142 valence electrons. The SMILES string of the molecule is CC(C)C(NC(=O)CSc1nnc(-c2cccs2)n1N)c1ccc(F)cc1. The Kier molecular flexibility index (Phi) is 6.12. The highest BCUT2D eigenvalue weighted by Crippen LogP contribution is 2.26. The maximum Gasteiger partial charge on any atom is 0.230 e. The third-order valence-corrected chi connectivity index (χ3v) is 5.76. The Bertz CT molecular complexity index is 893. The van der Waals surface area contributed by atoms with E-state index in [0.717, 1.165) is 10.4 Å². The molecular weight excluding hydrogens is 385 g/mol. The number of benzene rings is 1. The molecule has 0 saturated carbocycles. The van der Waals surface area contributed by atoms with E-state index in [-0.39, 0.29) is 29.4 Å². The number of hydrogen-bond donors (Lipinski definition) is 2. The van der Waals surface area contributed by atoms with Crippen molar-refractivity contribution in [1.82, 2.24) is 20.2 Å². The smallest absolute Gasteiger partial charge is 0.230 e. The molecule has 0 aliphatic carbocycles. The van der Waals surface area contributed by atoms with Gasteiger partial charge in [-0.1, -0.05) is 43.8 Å². The highest BCUT2D eigenvalue weighted by atomic mass is 32.2. The van der Waals surface area contributed by atoms with Crippen LogP contribution in [0.25, 0.3) is 10.7 Å². The van der Waals surface area contributed by atoms with Crippen LogP contribution in [-0.4, -0.2) is 26.5 Å². The van der Waals surface area contributed by atoms with Crippen LogP contribution < -0.4 is 11.2 Å². The van der Waals surface area contributed by atoms with Crippen molar-refractivity contribution >= 4 is 29.0 Å². The molecule has 3 aromatic rings. The number of rotatable bonds is 7. The number of halogens is 1. The summed E-state index contributed by atoms with van der Waals surface area (Å²) in [5.74, 6) is 6.48. The number of carbonyl (C=O) groups is 1. The van der Waals surface area contributed by atoms with Crippen LogP contribution in [0.3, 0.4) is 0 Å². The van der Waals surface area contributed by atoms with Crippen molar-refractivity contribution in [3.05, 3.63) is 53.2 Å². The molecule has 1 aromatic carbocycles. The number of carbonyl (C=O) groups excluding carboxylic acids is 1. The van der Waals surface area contributed by atoms with Gasteiger partial charge in [-0.3, -0.25) is 4.79 Å². The molecule has 3 rings (SSSR count). The first-order valence-corrected chi connectivity index (χ1v) is 10.2. The van der Waals surface area contributed by atoms with Gasteiger partial charge in [0.25, 0.3) is 0 Å². The summed E-state index contributed by atoms with van der Waals surface area (Å²) >= 11 is 2.74. The van der Waals surface area contributed by atoms with E-state index < -0.39 is 0 Å². The van der Waals surface area contributed by atoms with Crippen LogP contribution in [0.2, 0.25) is 0 Å². The van der Waals surface area contributed by atoms with Crippen molar-refractivity contribution in [1.29, 1.82) is 0 Å². The van der Waals surface area contributed by atoms with E-state index in [1.165, 1.54) is 39.9 Å². The first-order valence-electron chi connectivity index (χ1n) is 8.37. The lowest BCUT2D eigenvalue weighted by Gasteiger charge is -2.23. The molecule has 1 unspecified atom stereocenters. The Hall–Kier alpha value is -2.39. The molecule has 6 nitrogen and oxygen atoms in total. The van der Waals surface area contributed by atoms with Gasteiger partial charge in [-0.2, -0.15) is 0 Å². The fraction of sp³-hybridized carbons (Fsp3) is 0.278. The average Bonchev–Trinajstić information content (AvgIpc) is 3.28. The van der Waals surface area contributed by atoms with Gasteiger partial charge < -0.3 is 11.2 Å². The normalized spacial score (nSPS) is 12.3. The summed E-state index contributed by atoms with van der Waals surface area (Å²) in [6.07, 6.45) is 0. The molecule has 0 fully saturated rings. The number of hydrogen-bond acceptors (Lipinski definition) is 6. The molecule has 0 radical (unpaired) electrons. The fourth-order valence-corrected chi connectivity index (χ4v) is 3.97. The van der Waals surface area contributed by atoms with Gasteiger partial charge in [0.05, 0.1) is 16.7 Å². The summed E-state index contributed by atoms with van der Waals surface area (Å²) in [4.78, 5) is 13.3. The maximum atomic E-state index is 13.1. The fourth-order valence-electron chi connectivity index (χ4n) is 2.60. The van der Waals surface area contributed by atoms with Crippen LogP contribution in [0.5, 0.6) is 0 Å². The third-order valence-electron chi connectivity index (χ3n) is 3.95. The molecule has 1 amide bonds. The Morgan fingerprint density at radius 1 is 1.30 bits per heavy atom. The third kappa shape index (κ3) is 4.67. The van der Waals surface area contributed by atoms with Crippen molar-refractivity contribution in [3.63, 3.8) is 0 Å². The number of thiophene rings is 1. The van der Waals surface area contributed by atoms with Gasteiger partial charge in [-0.05, 0) is 35.1 Å². The van der Waals surface area contributed by atoms with Crippen LogP contribution in [0.1, 0.15) is 25.5 Å². The quantitative estimate of drug-likeness (QED) is 0.464. The first-order chi connectivity index (χ1) is 13.0. The average molecular weight is 406 g/mol. The van der Waals surface area contributed by atoms with Crippen molar-refractivity contribution < 1.29 is 9.18 Å². The standard InChI is InChI=1S/C18H20FN5OS2/c1-11(2)16(12-5-7-13(19)8-6-12)21-15(25)10-27-18-23-22-17(24(18)20)14-4-3-9-26-14/h3-9,11,16H,10,20H2,1-2H3,(H,21,25). The van der Waals surface area contributed by atoms with E-state index >= 15 is 0 Å². The number of nitrogens with zero attached hydrogens (tertiary/aromatic N) is 3. The van der Waals surface area contributed by atoms with Crippen LogP contribution in [0, 0.1) is 11.7 Å². The second kappa shape index (κ2) is 8.53. The Morgan fingerprint density at radius 3 is 2.67 bits per heavy atom. The molecule has 9 heteroatoms. The Morgan fingerprint density at radius 2 is 2.04 bits per heavy atom. The highest BCUT2D eigenvalue weighted by Gasteiger charge is 2.20. The zero-order valence-electron chi connectivity index (χ0n) is 14.9. The number of amides is 1. The number of nitrogen functional groups attached to an aromatic ring is 1. The summed E-state index contributed by atoms with van der Waals surface area (Å²) in [6, 6.07) is 9.81. The second-order valence-electron chi connectivity index (χ2n) is 6.28. The zero-order valence-corrected chi connectivity index (χ0v) is 16.6. The predicted octanol–water partition coefficient (Wildman–Crippen LogP) is 3.47. The van der Waals surface area contributed by atoms with Gasteiger partial charge in [0.15, 0.2) is 5.82 Å². The molecule has 0 saturated heterocycles. The summed E-state index contributed by atoms with van der Waals surface area (Å²) in [5.41, 5.74) is 0.867. The predicted molar refractivity (Wildman–Crippen MR) is 106 cm³/mol. The Balaban J connectivity index is 1.62. The molecule has 1 atom stereocenters. The summed E-state index contributed by atoms with van der Waals surface area (Å²) in [6.45, 7) is 4.01. The van der Waals surface area contributed by atoms with Gasteiger partial charge in [-0.15, -0.1) is 21.5 Å². The van der Waals surface area contributed by atoms with Crippen molar-refractivity contribution in [2.24, 2.45) is 5.92 Å². The number of nitrogens with one attached hydrogen (secondary N) is 1. The van der Waals surface area contributed by atoms with Crippen molar-refractivity contribution in [3.8, 4) is 10.7 Å². The minimum atomic E-state index is -0.299. The topological polar surface area (TPSA) is 85.8 Å². The first kappa shape index (κ1) is 19.4. The molecule has 27 heavy (non-hydrogen) atoms. The zero-order chi connectivity index (χ0) is 19.4. The molecule has 0 aliphatic rings.